The van der Waals surface area contributed by atoms with Gasteiger partial charge in [0.15, 0.2) is 0 Å². The maximum absolute atomic E-state index is 11.4. The molecule has 0 aliphatic rings. The lowest BCUT2D eigenvalue weighted by atomic mass is 10.0. The van der Waals surface area contributed by atoms with Gasteiger partial charge in [0.2, 0.25) is 0 Å². The van der Waals surface area contributed by atoms with E-state index in [4.69, 9.17) is 0 Å². The average molecular weight is 375 g/mol. The SMILES string of the molecule is CC(C)CCCCCCCCCCCCCCC(=O)C(C)Br. The van der Waals surface area contributed by atoms with Crippen molar-refractivity contribution in [2.24, 2.45) is 5.92 Å². The number of ketones is 1. The lowest BCUT2D eigenvalue weighted by Crippen LogP contribution is -2.08. The molecular formula is C20H39BrO. The first-order valence-corrected chi connectivity index (χ1v) is 10.6. The van der Waals surface area contributed by atoms with Gasteiger partial charge in [0.1, 0.15) is 5.78 Å². The Kier molecular flexibility index (Phi) is 16.1. The molecule has 0 N–H and O–H groups in total. The highest BCUT2D eigenvalue weighted by molar-refractivity contribution is 9.10. The zero-order valence-corrected chi connectivity index (χ0v) is 16.9. The molecule has 0 aromatic heterocycles. The Labute approximate surface area is 148 Å². The smallest absolute Gasteiger partial charge is 0.146 e. The summed E-state index contributed by atoms with van der Waals surface area (Å²) in [5, 5.41) is 0. The highest BCUT2D eigenvalue weighted by atomic mass is 79.9. The van der Waals surface area contributed by atoms with Gasteiger partial charge in [-0.15, -0.1) is 0 Å². The number of carbonyl (C=O) groups excluding carboxylic acids is 1. The minimum atomic E-state index is 0.0397. The predicted octanol–water partition coefficient (Wildman–Crippen LogP) is 7.46. The van der Waals surface area contributed by atoms with E-state index >= 15 is 0 Å². The molecule has 0 fully saturated rings. The Hall–Kier alpha value is 0.150. The topological polar surface area (TPSA) is 17.1 Å². The third-order valence-electron chi connectivity index (χ3n) is 4.40. The average Bonchev–Trinajstić information content (AvgIpc) is 2.46. The largest absolute Gasteiger partial charge is 0.298 e. The van der Waals surface area contributed by atoms with Gasteiger partial charge in [-0.3, -0.25) is 4.79 Å². The molecule has 0 amide bonds. The summed E-state index contributed by atoms with van der Waals surface area (Å²) >= 11 is 3.33. The summed E-state index contributed by atoms with van der Waals surface area (Å²) in [5.74, 6) is 1.23. The van der Waals surface area contributed by atoms with Crippen LogP contribution in [0.5, 0.6) is 0 Å². The Morgan fingerprint density at radius 3 is 1.41 bits per heavy atom. The van der Waals surface area contributed by atoms with E-state index in [2.05, 4.69) is 29.8 Å². The van der Waals surface area contributed by atoms with Crippen molar-refractivity contribution in [3.05, 3.63) is 0 Å². The summed E-state index contributed by atoms with van der Waals surface area (Å²) in [6.07, 6.45) is 18.5. The molecule has 0 aliphatic carbocycles. The lowest BCUT2D eigenvalue weighted by Gasteiger charge is -2.05. The van der Waals surface area contributed by atoms with Crippen molar-refractivity contribution < 1.29 is 4.79 Å². The fourth-order valence-electron chi connectivity index (χ4n) is 2.82. The summed E-state index contributed by atoms with van der Waals surface area (Å²) in [6, 6.07) is 0. The molecule has 0 bridgehead atoms. The van der Waals surface area contributed by atoms with Gasteiger partial charge in [-0.25, -0.2) is 0 Å². The van der Waals surface area contributed by atoms with Gasteiger partial charge in [-0.05, 0) is 19.3 Å². The summed E-state index contributed by atoms with van der Waals surface area (Å²) < 4.78 is 0. The van der Waals surface area contributed by atoms with Crippen molar-refractivity contribution >= 4 is 21.7 Å². The van der Waals surface area contributed by atoms with Crippen LogP contribution >= 0.6 is 15.9 Å². The molecule has 0 rings (SSSR count). The van der Waals surface area contributed by atoms with Crippen molar-refractivity contribution in [2.75, 3.05) is 0 Å². The third kappa shape index (κ3) is 16.5. The summed E-state index contributed by atoms with van der Waals surface area (Å²) in [4.78, 5) is 11.5. The van der Waals surface area contributed by atoms with Gasteiger partial charge in [-0.2, -0.15) is 0 Å². The molecule has 1 unspecified atom stereocenters. The number of unbranched alkanes of at least 4 members (excludes halogenated alkanes) is 11. The second-order valence-electron chi connectivity index (χ2n) is 7.26. The van der Waals surface area contributed by atoms with Crippen LogP contribution in [0.15, 0.2) is 0 Å². The highest BCUT2D eigenvalue weighted by Gasteiger charge is 2.07. The molecule has 0 heterocycles. The zero-order valence-electron chi connectivity index (χ0n) is 15.3. The van der Waals surface area contributed by atoms with Crippen LogP contribution in [0.25, 0.3) is 0 Å². The van der Waals surface area contributed by atoms with Crippen LogP contribution in [0.1, 0.15) is 111 Å². The Morgan fingerprint density at radius 1 is 0.682 bits per heavy atom. The maximum Gasteiger partial charge on any atom is 0.146 e. The first-order valence-electron chi connectivity index (χ1n) is 9.70. The first kappa shape index (κ1) is 22.1. The van der Waals surface area contributed by atoms with E-state index in [1.807, 2.05) is 6.92 Å². The Morgan fingerprint density at radius 2 is 1.05 bits per heavy atom. The molecule has 1 nitrogen and oxygen atoms in total. The van der Waals surface area contributed by atoms with E-state index in [0.29, 0.717) is 5.78 Å². The summed E-state index contributed by atoms with van der Waals surface area (Å²) in [6.45, 7) is 6.56. The van der Waals surface area contributed by atoms with E-state index in [-0.39, 0.29) is 4.83 Å². The number of hydrogen-bond donors (Lipinski definition) is 0. The molecular weight excluding hydrogens is 336 g/mol. The molecule has 1 atom stereocenters. The molecule has 2 heteroatoms. The fourth-order valence-corrected chi connectivity index (χ4v) is 3.05. The third-order valence-corrected chi connectivity index (χ3v) is 4.91. The highest BCUT2D eigenvalue weighted by Crippen LogP contribution is 2.14. The van der Waals surface area contributed by atoms with Gasteiger partial charge in [-0.1, -0.05) is 107 Å². The molecule has 0 aromatic carbocycles. The lowest BCUT2D eigenvalue weighted by molar-refractivity contribution is -0.118. The second-order valence-corrected chi connectivity index (χ2v) is 8.63. The van der Waals surface area contributed by atoms with Gasteiger partial charge < -0.3 is 0 Å². The minimum Gasteiger partial charge on any atom is -0.298 e. The number of rotatable bonds is 16. The van der Waals surface area contributed by atoms with Crippen molar-refractivity contribution in [2.45, 2.75) is 115 Å². The second kappa shape index (κ2) is 16.0. The number of carbonyl (C=O) groups is 1. The number of alkyl halides is 1. The normalized spacial score (nSPS) is 12.8. The molecule has 132 valence electrons. The number of halogens is 1. The minimum absolute atomic E-state index is 0.0397. The quantitative estimate of drug-likeness (QED) is 0.202. The predicted molar refractivity (Wildman–Crippen MR) is 103 cm³/mol. The van der Waals surface area contributed by atoms with Crippen molar-refractivity contribution in [1.29, 1.82) is 0 Å². The van der Waals surface area contributed by atoms with E-state index in [1.54, 1.807) is 0 Å². The van der Waals surface area contributed by atoms with E-state index < -0.39 is 0 Å². The van der Waals surface area contributed by atoms with Crippen LogP contribution in [0.4, 0.5) is 0 Å². The van der Waals surface area contributed by atoms with Gasteiger partial charge >= 0.3 is 0 Å². The molecule has 0 saturated carbocycles. The molecule has 0 radical (unpaired) electrons. The maximum atomic E-state index is 11.4. The van der Waals surface area contributed by atoms with E-state index in [9.17, 15) is 4.79 Å². The van der Waals surface area contributed by atoms with Gasteiger partial charge in [0.05, 0.1) is 4.83 Å². The van der Waals surface area contributed by atoms with Crippen LogP contribution in [-0.4, -0.2) is 10.6 Å². The molecule has 0 aromatic rings. The van der Waals surface area contributed by atoms with Gasteiger partial charge in [0.25, 0.3) is 0 Å². The number of Topliss-reactive ketones (excluding diaryl/α,β-unsaturated/α-hetero) is 1. The number of hydrogen-bond acceptors (Lipinski definition) is 1. The van der Waals surface area contributed by atoms with Crippen molar-refractivity contribution in [3.63, 3.8) is 0 Å². The standard InChI is InChI=1S/C20H39BrO/c1-18(2)16-14-12-10-8-6-4-5-7-9-11-13-15-17-20(22)19(3)21/h18-19H,4-17H2,1-3H3. The summed E-state index contributed by atoms with van der Waals surface area (Å²) in [7, 11) is 0. The molecule has 0 saturated heterocycles. The van der Waals surface area contributed by atoms with Crippen LogP contribution in [0.3, 0.4) is 0 Å². The summed E-state index contributed by atoms with van der Waals surface area (Å²) in [5.41, 5.74) is 0. The molecule has 22 heavy (non-hydrogen) atoms. The zero-order chi connectivity index (χ0) is 16.6. The fraction of sp³-hybridized carbons (Fsp3) is 0.950. The van der Waals surface area contributed by atoms with Crippen LogP contribution in [0.2, 0.25) is 0 Å². The van der Waals surface area contributed by atoms with Crippen molar-refractivity contribution in [1.82, 2.24) is 0 Å². The first-order chi connectivity index (χ1) is 10.5. The van der Waals surface area contributed by atoms with E-state index in [0.717, 1.165) is 18.8 Å². The monoisotopic (exact) mass is 374 g/mol. The molecule has 0 aliphatic heterocycles. The van der Waals surface area contributed by atoms with E-state index in [1.165, 1.54) is 77.0 Å². The van der Waals surface area contributed by atoms with Crippen LogP contribution in [0, 0.1) is 5.92 Å². The van der Waals surface area contributed by atoms with Crippen LogP contribution in [-0.2, 0) is 4.79 Å². The van der Waals surface area contributed by atoms with Crippen molar-refractivity contribution in [3.8, 4) is 0 Å². The van der Waals surface area contributed by atoms with Crippen LogP contribution < -0.4 is 0 Å². The van der Waals surface area contributed by atoms with Gasteiger partial charge in [0, 0.05) is 6.42 Å². The Balaban J connectivity index is 3.07. The Bertz CT molecular complexity index is 248. The molecule has 0 spiro atoms.